The summed E-state index contributed by atoms with van der Waals surface area (Å²) in [5.41, 5.74) is -4.81. The Kier molecular flexibility index (Phi) is 5.76. The zero-order chi connectivity index (χ0) is 17.2. The average Bonchev–Trinajstić information content (AvgIpc) is 2.89. The highest BCUT2D eigenvalue weighted by molar-refractivity contribution is 8.00. The number of nitrogens with zero attached hydrogens (tertiary/aromatic N) is 2. The number of hydrogen-bond acceptors (Lipinski definition) is 5. The lowest BCUT2D eigenvalue weighted by Crippen LogP contribution is -2.12. The fourth-order valence-electron chi connectivity index (χ4n) is 1.47. The van der Waals surface area contributed by atoms with Gasteiger partial charge in [0, 0.05) is 4.90 Å². The van der Waals surface area contributed by atoms with Crippen molar-refractivity contribution in [3.05, 3.63) is 33.8 Å². The van der Waals surface area contributed by atoms with Gasteiger partial charge in [0.2, 0.25) is 0 Å². The Bertz CT molecular complexity index is 719. The molecular weight excluding hydrogens is 401 g/mol. The molecule has 0 atom stereocenters. The van der Waals surface area contributed by atoms with Crippen molar-refractivity contribution >= 4 is 57.8 Å². The first-order valence-corrected chi connectivity index (χ1v) is 8.02. The Morgan fingerprint density at radius 2 is 2.04 bits per heavy atom. The molecule has 0 amide bonds. The average molecular weight is 406 g/mol. The first kappa shape index (κ1) is 18.3. The van der Waals surface area contributed by atoms with E-state index in [2.05, 4.69) is 14.9 Å². The lowest BCUT2D eigenvalue weighted by Gasteiger charge is -2.11. The molecular formula is C11H5ClF5N3S3. The van der Waals surface area contributed by atoms with Gasteiger partial charge in [0.1, 0.15) is 9.87 Å². The highest BCUT2D eigenvalue weighted by Gasteiger charge is 2.29. The van der Waals surface area contributed by atoms with E-state index < -0.39 is 17.6 Å². The molecule has 0 aliphatic heterocycles. The van der Waals surface area contributed by atoms with E-state index in [0.717, 1.165) is 6.07 Å². The van der Waals surface area contributed by atoms with Crippen LogP contribution in [0.4, 0.5) is 27.6 Å². The van der Waals surface area contributed by atoms with Gasteiger partial charge in [0.05, 0.1) is 10.7 Å². The molecule has 1 heterocycles. The number of halogens is 6. The van der Waals surface area contributed by atoms with Crippen LogP contribution in [0.1, 0.15) is 17.0 Å². The lowest BCUT2D eigenvalue weighted by atomic mass is 10.3. The van der Waals surface area contributed by atoms with Crippen LogP contribution in [0.15, 0.2) is 23.1 Å². The van der Waals surface area contributed by atoms with Crippen molar-refractivity contribution in [3.63, 3.8) is 0 Å². The van der Waals surface area contributed by atoms with Gasteiger partial charge in [-0.25, -0.2) is 8.78 Å². The van der Waals surface area contributed by atoms with Gasteiger partial charge < -0.3 is 5.32 Å². The van der Waals surface area contributed by atoms with Crippen molar-refractivity contribution in [1.29, 1.82) is 0 Å². The fourth-order valence-corrected chi connectivity index (χ4v) is 3.24. The molecule has 0 bridgehead atoms. The second kappa shape index (κ2) is 7.24. The third kappa shape index (κ3) is 4.96. The van der Waals surface area contributed by atoms with Crippen LogP contribution in [0.2, 0.25) is 5.02 Å². The minimum Gasteiger partial charge on any atom is -0.344 e. The van der Waals surface area contributed by atoms with E-state index in [1.807, 2.05) is 0 Å². The van der Waals surface area contributed by atoms with Crippen LogP contribution in [0, 0.1) is 0 Å². The third-order valence-corrected chi connectivity index (χ3v) is 4.58. The van der Waals surface area contributed by atoms with Crippen LogP contribution in [0.5, 0.6) is 0 Å². The van der Waals surface area contributed by atoms with E-state index in [9.17, 15) is 22.0 Å². The van der Waals surface area contributed by atoms with Crippen LogP contribution in [0.3, 0.4) is 0 Å². The summed E-state index contributed by atoms with van der Waals surface area (Å²) < 4.78 is 65.7. The van der Waals surface area contributed by atoms with Crippen molar-refractivity contribution < 1.29 is 22.0 Å². The normalized spacial score (nSPS) is 11.8. The number of alkyl halides is 5. The molecule has 0 radical (unpaired) electrons. The number of benzene rings is 1. The molecule has 0 aliphatic rings. The SMILES string of the molecule is FC(F)c1nnsc1C(=S)Nc1ccc(SC(F)(F)F)cc1Cl. The summed E-state index contributed by atoms with van der Waals surface area (Å²) in [4.78, 5) is -0.222. The summed E-state index contributed by atoms with van der Waals surface area (Å²) in [7, 11) is 0. The van der Waals surface area contributed by atoms with Crippen LogP contribution in [0.25, 0.3) is 0 Å². The minimum atomic E-state index is -4.44. The summed E-state index contributed by atoms with van der Waals surface area (Å²) >= 11 is 11.2. The van der Waals surface area contributed by atoms with Crippen molar-refractivity contribution in [1.82, 2.24) is 9.59 Å². The second-order valence-electron chi connectivity index (χ2n) is 3.93. The number of aromatic nitrogens is 2. The number of thioether (sulfide) groups is 1. The molecule has 0 unspecified atom stereocenters. The smallest absolute Gasteiger partial charge is 0.344 e. The molecule has 1 aromatic heterocycles. The number of hydrogen-bond donors (Lipinski definition) is 1. The molecule has 0 saturated carbocycles. The molecule has 1 aromatic carbocycles. The van der Waals surface area contributed by atoms with E-state index in [0.29, 0.717) is 11.5 Å². The van der Waals surface area contributed by atoms with Crippen LogP contribution < -0.4 is 5.32 Å². The molecule has 0 spiro atoms. The Morgan fingerprint density at radius 3 is 2.61 bits per heavy atom. The van der Waals surface area contributed by atoms with Crippen LogP contribution in [-0.2, 0) is 0 Å². The summed E-state index contributed by atoms with van der Waals surface area (Å²) in [5.74, 6) is 0. The highest BCUT2D eigenvalue weighted by Crippen LogP contribution is 2.39. The number of thiocarbonyl (C=S) groups is 1. The standard InChI is InChI=1S/C11H5ClF5N3S3/c12-5-3-4(22-11(15,16)17)1-2-6(5)18-10(21)8-7(9(13)14)19-20-23-8/h1-3,9H,(H,18,21). The van der Waals surface area contributed by atoms with Crippen molar-refractivity contribution in [2.45, 2.75) is 16.8 Å². The second-order valence-corrected chi connectivity index (χ2v) is 6.64. The lowest BCUT2D eigenvalue weighted by molar-refractivity contribution is -0.0328. The van der Waals surface area contributed by atoms with Crippen LogP contribution >= 0.6 is 47.1 Å². The molecule has 23 heavy (non-hydrogen) atoms. The number of nitrogens with one attached hydrogen (secondary N) is 1. The fraction of sp³-hybridized carbons (Fsp3) is 0.182. The number of rotatable bonds is 4. The summed E-state index contributed by atoms with van der Waals surface area (Å²) in [6.07, 6.45) is -2.84. The molecule has 0 saturated heterocycles. The molecule has 0 fully saturated rings. The Morgan fingerprint density at radius 1 is 1.35 bits per heavy atom. The Balaban J connectivity index is 2.17. The Hall–Kier alpha value is -1.04. The van der Waals surface area contributed by atoms with Gasteiger partial charge in [0.15, 0.2) is 5.69 Å². The molecule has 0 aliphatic carbocycles. The van der Waals surface area contributed by atoms with Gasteiger partial charge in [0.25, 0.3) is 6.43 Å². The van der Waals surface area contributed by atoms with E-state index in [1.54, 1.807) is 0 Å². The Labute approximate surface area is 145 Å². The first-order chi connectivity index (χ1) is 10.7. The predicted octanol–water partition coefficient (Wildman–Crippen LogP) is 5.53. The zero-order valence-corrected chi connectivity index (χ0v) is 13.9. The van der Waals surface area contributed by atoms with Gasteiger partial charge in [-0.1, -0.05) is 28.3 Å². The van der Waals surface area contributed by atoms with E-state index in [-0.39, 0.29) is 37.2 Å². The molecule has 2 rings (SSSR count). The quantitative estimate of drug-likeness (QED) is 0.411. The zero-order valence-electron chi connectivity index (χ0n) is 10.7. The van der Waals surface area contributed by atoms with E-state index in [4.69, 9.17) is 23.8 Å². The molecule has 124 valence electrons. The molecule has 2 aromatic rings. The monoisotopic (exact) mass is 405 g/mol. The highest BCUT2D eigenvalue weighted by atomic mass is 35.5. The first-order valence-electron chi connectivity index (χ1n) is 5.64. The maximum atomic E-state index is 12.7. The summed E-state index contributed by atoms with van der Waals surface area (Å²) in [6, 6.07) is 3.57. The topological polar surface area (TPSA) is 37.8 Å². The summed E-state index contributed by atoms with van der Waals surface area (Å²) in [5, 5.41) is 5.86. The largest absolute Gasteiger partial charge is 0.446 e. The van der Waals surface area contributed by atoms with Gasteiger partial charge >= 0.3 is 5.51 Å². The van der Waals surface area contributed by atoms with Crippen molar-refractivity contribution in [2.24, 2.45) is 0 Å². The third-order valence-electron chi connectivity index (χ3n) is 2.35. The van der Waals surface area contributed by atoms with Gasteiger partial charge in [-0.15, -0.1) is 5.10 Å². The summed E-state index contributed by atoms with van der Waals surface area (Å²) in [6.45, 7) is 0. The molecule has 12 heteroatoms. The van der Waals surface area contributed by atoms with E-state index >= 15 is 0 Å². The minimum absolute atomic E-state index is 0.0280. The maximum absolute atomic E-state index is 12.7. The van der Waals surface area contributed by atoms with Gasteiger partial charge in [-0.05, 0) is 41.5 Å². The van der Waals surface area contributed by atoms with Gasteiger partial charge in [-0.2, -0.15) is 13.2 Å². The number of anilines is 1. The predicted molar refractivity (Wildman–Crippen MR) is 83.6 cm³/mol. The van der Waals surface area contributed by atoms with Crippen molar-refractivity contribution in [2.75, 3.05) is 5.32 Å². The molecule has 3 nitrogen and oxygen atoms in total. The van der Waals surface area contributed by atoms with E-state index in [1.165, 1.54) is 12.1 Å². The van der Waals surface area contributed by atoms with Gasteiger partial charge in [-0.3, -0.25) is 0 Å². The van der Waals surface area contributed by atoms with Crippen molar-refractivity contribution in [3.8, 4) is 0 Å². The van der Waals surface area contributed by atoms with Crippen LogP contribution in [-0.4, -0.2) is 20.1 Å². The maximum Gasteiger partial charge on any atom is 0.446 e. The molecule has 1 N–H and O–H groups in total.